The molecule has 2 rings (SSSR count). The lowest BCUT2D eigenvalue weighted by Gasteiger charge is -2.15. The summed E-state index contributed by atoms with van der Waals surface area (Å²) in [7, 11) is 0. The first-order valence-electron chi connectivity index (χ1n) is 7.09. The zero-order valence-electron chi connectivity index (χ0n) is 12.9. The third-order valence-electron chi connectivity index (χ3n) is 3.29. The average Bonchev–Trinajstić information content (AvgIpc) is 2.78. The lowest BCUT2D eigenvalue weighted by Crippen LogP contribution is -2.27. The van der Waals surface area contributed by atoms with E-state index in [1.165, 1.54) is 0 Å². The summed E-state index contributed by atoms with van der Waals surface area (Å²) in [4.78, 5) is 16.6. The van der Waals surface area contributed by atoms with E-state index in [1.54, 1.807) is 18.3 Å². The van der Waals surface area contributed by atoms with Crippen LogP contribution in [0.15, 0.2) is 28.8 Å². The summed E-state index contributed by atoms with van der Waals surface area (Å²) in [5.74, 6) is 2.13. The number of aryl methyl sites for hydroxylation is 2. The smallest absolute Gasteiger partial charge is 0.255 e. The van der Waals surface area contributed by atoms with Gasteiger partial charge in [-0.1, -0.05) is 0 Å². The molecule has 0 saturated heterocycles. The third kappa shape index (κ3) is 3.42. The van der Waals surface area contributed by atoms with Crippen LogP contribution in [0, 0.1) is 13.8 Å². The number of nitrogens with one attached hydrogen (secondary N) is 2. The van der Waals surface area contributed by atoms with Gasteiger partial charge < -0.3 is 15.1 Å². The van der Waals surface area contributed by atoms with E-state index in [1.807, 2.05) is 33.8 Å². The molecular formula is C16H21N3O2. The Balaban J connectivity index is 2.16. The zero-order chi connectivity index (χ0) is 15.4. The first-order valence-corrected chi connectivity index (χ1v) is 7.09. The second-order valence-electron chi connectivity index (χ2n) is 4.99. The van der Waals surface area contributed by atoms with Gasteiger partial charge in [0.15, 0.2) is 0 Å². The van der Waals surface area contributed by atoms with Crippen LogP contribution < -0.4 is 10.6 Å². The number of carbonyl (C=O) groups is 1. The molecule has 0 radical (unpaired) electrons. The standard InChI is InChI=1S/C16H21N3O2/c1-5-17-15-13(7-6-8-18-15)16(20)19-11(3)14-9-10(2)21-12(14)4/h6-9,11H,5H2,1-4H3,(H,17,18)(H,19,20). The van der Waals surface area contributed by atoms with Crippen molar-refractivity contribution in [1.29, 1.82) is 0 Å². The van der Waals surface area contributed by atoms with Crippen molar-refractivity contribution in [1.82, 2.24) is 10.3 Å². The molecule has 0 bridgehead atoms. The van der Waals surface area contributed by atoms with E-state index in [0.29, 0.717) is 17.9 Å². The van der Waals surface area contributed by atoms with Crippen LogP contribution in [0.5, 0.6) is 0 Å². The Morgan fingerprint density at radius 2 is 2.19 bits per heavy atom. The van der Waals surface area contributed by atoms with E-state index in [4.69, 9.17) is 4.42 Å². The maximum Gasteiger partial charge on any atom is 0.255 e. The quantitative estimate of drug-likeness (QED) is 0.886. The Bertz CT molecular complexity index is 634. The van der Waals surface area contributed by atoms with Gasteiger partial charge in [0.1, 0.15) is 17.3 Å². The fourth-order valence-corrected chi connectivity index (χ4v) is 2.33. The summed E-state index contributed by atoms with van der Waals surface area (Å²) in [5.41, 5.74) is 1.54. The lowest BCUT2D eigenvalue weighted by atomic mass is 10.1. The summed E-state index contributed by atoms with van der Waals surface area (Å²) in [6, 6.07) is 5.35. The predicted octanol–water partition coefficient (Wildman–Crippen LogP) is 3.21. The maximum absolute atomic E-state index is 12.4. The number of nitrogens with zero attached hydrogens (tertiary/aromatic N) is 1. The summed E-state index contributed by atoms with van der Waals surface area (Å²) in [6.45, 7) is 8.43. The monoisotopic (exact) mass is 287 g/mol. The van der Waals surface area contributed by atoms with Crippen LogP contribution in [0.4, 0.5) is 5.82 Å². The van der Waals surface area contributed by atoms with Crippen LogP contribution in [0.2, 0.25) is 0 Å². The van der Waals surface area contributed by atoms with Crippen LogP contribution in [0.25, 0.3) is 0 Å². The Hall–Kier alpha value is -2.30. The molecular weight excluding hydrogens is 266 g/mol. The van der Waals surface area contributed by atoms with Crippen molar-refractivity contribution in [3.05, 3.63) is 47.0 Å². The van der Waals surface area contributed by atoms with E-state index < -0.39 is 0 Å². The van der Waals surface area contributed by atoms with E-state index in [-0.39, 0.29) is 11.9 Å². The summed E-state index contributed by atoms with van der Waals surface area (Å²) in [5, 5.41) is 6.08. The minimum absolute atomic E-state index is 0.121. The van der Waals surface area contributed by atoms with Gasteiger partial charge in [0.05, 0.1) is 11.6 Å². The van der Waals surface area contributed by atoms with Crippen LogP contribution >= 0.6 is 0 Å². The molecule has 112 valence electrons. The van der Waals surface area contributed by atoms with Crippen molar-refractivity contribution in [2.75, 3.05) is 11.9 Å². The van der Waals surface area contributed by atoms with Crippen molar-refractivity contribution < 1.29 is 9.21 Å². The number of hydrogen-bond acceptors (Lipinski definition) is 4. The second kappa shape index (κ2) is 6.43. The molecule has 1 unspecified atom stereocenters. The Labute approximate surface area is 124 Å². The molecule has 2 aromatic rings. The third-order valence-corrected chi connectivity index (χ3v) is 3.29. The van der Waals surface area contributed by atoms with Crippen LogP contribution in [0.1, 0.15) is 47.3 Å². The van der Waals surface area contributed by atoms with E-state index in [0.717, 1.165) is 17.1 Å². The SMILES string of the molecule is CCNc1ncccc1C(=O)NC(C)c1cc(C)oc1C. The van der Waals surface area contributed by atoms with Gasteiger partial charge in [-0.3, -0.25) is 4.79 Å². The molecule has 0 aromatic carbocycles. The number of furan rings is 1. The molecule has 0 spiro atoms. The number of anilines is 1. The molecule has 0 aliphatic carbocycles. The minimum Gasteiger partial charge on any atom is -0.466 e. The predicted molar refractivity (Wildman–Crippen MR) is 82.5 cm³/mol. The Kier molecular flexibility index (Phi) is 4.62. The Morgan fingerprint density at radius 1 is 1.43 bits per heavy atom. The molecule has 2 N–H and O–H groups in total. The highest BCUT2D eigenvalue weighted by Gasteiger charge is 2.18. The number of hydrogen-bond donors (Lipinski definition) is 2. The van der Waals surface area contributed by atoms with Crippen molar-refractivity contribution in [2.45, 2.75) is 33.7 Å². The minimum atomic E-state index is -0.148. The fraction of sp³-hybridized carbons (Fsp3) is 0.375. The van der Waals surface area contributed by atoms with Gasteiger partial charge >= 0.3 is 0 Å². The van der Waals surface area contributed by atoms with Gasteiger partial charge in [0.2, 0.25) is 0 Å². The zero-order valence-corrected chi connectivity index (χ0v) is 12.9. The fourth-order valence-electron chi connectivity index (χ4n) is 2.33. The van der Waals surface area contributed by atoms with Crippen LogP contribution in [0.3, 0.4) is 0 Å². The van der Waals surface area contributed by atoms with Crippen molar-refractivity contribution >= 4 is 11.7 Å². The van der Waals surface area contributed by atoms with E-state index in [2.05, 4.69) is 15.6 Å². The van der Waals surface area contributed by atoms with Gasteiger partial charge in [-0.25, -0.2) is 4.98 Å². The molecule has 1 amide bonds. The highest BCUT2D eigenvalue weighted by atomic mass is 16.3. The number of aromatic nitrogens is 1. The van der Waals surface area contributed by atoms with Gasteiger partial charge in [0, 0.05) is 18.3 Å². The molecule has 2 heterocycles. The second-order valence-corrected chi connectivity index (χ2v) is 4.99. The highest BCUT2D eigenvalue weighted by molar-refractivity contribution is 5.98. The summed E-state index contributed by atoms with van der Waals surface area (Å²) >= 11 is 0. The molecule has 21 heavy (non-hydrogen) atoms. The molecule has 0 saturated carbocycles. The maximum atomic E-state index is 12.4. The van der Waals surface area contributed by atoms with Crippen LogP contribution in [-0.4, -0.2) is 17.4 Å². The molecule has 2 aromatic heterocycles. The van der Waals surface area contributed by atoms with E-state index in [9.17, 15) is 4.79 Å². The summed E-state index contributed by atoms with van der Waals surface area (Å²) < 4.78 is 5.51. The van der Waals surface area contributed by atoms with Crippen molar-refractivity contribution in [3.63, 3.8) is 0 Å². The summed E-state index contributed by atoms with van der Waals surface area (Å²) in [6.07, 6.45) is 1.67. The number of amides is 1. The number of rotatable bonds is 5. The largest absolute Gasteiger partial charge is 0.466 e. The van der Waals surface area contributed by atoms with Crippen LogP contribution in [-0.2, 0) is 0 Å². The molecule has 0 aliphatic heterocycles. The molecule has 5 heteroatoms. The lowest BCUT2D eigenvalue weighted by molar-refractivity contribution is 0.0940. The Morgan fingerprint density at radius 3 is 2.81 bits per heavy atom. The molecule has 0 aliphatic rings. The normalized spacial score (nSPS) is 12.0. The highest BCUT2D eigenvalue weighted by Crippen LogP contribution is 2.22. The van der Waals surface area contributed by atoms with Gasteiger partial charge in [-0.15, -0.1) is 0 Å². The van der Waals surface area contributed by atoms with E-state index >= 15 is 0 Å². The number of carbonyl (C=O) groups excluding carboxylic acids is 1. The first kappa shape index (κ1) is 15.1. The van der Waals surface area contributed by atoms with Gasteiger partial charge in [-0.2, -0.15) is 0 Å². The molecule has 1 atom stereocenters. The topological polar surface area (TPSA) is 67.2 Å². The number of pyridine rings is 1. The molecule has 0 fully saturated rings. The molecule has 5 nitrogen and oxygen atoms in total. The average molecular weight is 287 g/mol. The van der Waals surface area contributed by atoms with Crippen molar-refractivity contribution in [2.24, 2.45) is 0 Å². The van der Waals surface area contributed by atoms with Crippen molar-refractivity contribution in [3.8, 4) is 0 Å². The van der Waals surface area contributed by atoms with Gasteiger partial charge in [0.25, 0.3) is 5.91 Å². The first-order chi connectivity index (χ1) is 10.0. The van der Waals surface area contributed by atoms with Gasteiger partial charge in [-0.05, 0) is 45.9 Å².